The van der Waals surface area contributed by atoms with Crippen LogP contribution in [0.25, 0.3) is 0 Å². The van der Waals surface area contributed by atoms with Crippen molar-refractivity contribution in [3.8, 4) is 0 Å². The molecular formula is C10H23NO3S. The summed E-state index contributed by atoms with van der Waals surface area (Å²) < 4.78 is 22.9. The Labute approximate surface area is 93.0 Å². The highest BCUT2D eigenvalue weighted by Gasteiger charge is 2.16. The Balaban J connectivity index is 3.90. The lowest BCUT2D eigenvalue weighted by Gasteiger charge is -2.19. The van der Waals surface area contributed by atoms with Crippen LogP contribution in [0.1, 0.15) is 27.7 Å². The summed E-state index contributed by atoms with van der Waals surface area (Å²) >= 11 is 0. The van der Waals surface area contributed by atoms with Gasteiger partial charge in [-0.2, -0.15) is 0 Å². The topological polar surface area (TPSA) is 66.4 Å². The van der Waals surface area contributed by atoms with Crippen molar-refractivity contribution in [3.05, 3.63) is 0 Å². The van der Waals surface area contributed by atoms with Crippen molar-refractivity contribution in [2.45, 2.75) is 39.0 Å². The molecule has 0 radical (unpaired) electrons. The van der Waals surface area contributed by atoms with E-state index in [0.29, 0.717) is 6.54 Å². The van der Waals surface area contributed by atoms with E-state index >= 15 is 0 Å². The van der Waals surface area contributed by atoms with Crippen LogP contribution in [0, 0.1) is 5.92 Å². The fourth-order valence-electron chi connectivity index (χ4n) is 1.02. The number of sulfone groups is 1. The fourth-order valence-corrected chi connectivity index (χ4v) is 1.90. The van der Waals surface area contributed by atoms with E-state index in [1.165, 1.54) is 0 Å². The van der Waals surface area contributed by atoms with Crippen LogP contribution in [0.4, 0.5) is 0 Å². The molecule has 0 saturated carbocycles. The molecule has 0 spiro atoms. The average molecular weight is 237 g/mol. The molecule has 0 amide bonds. The molecular weight excluding hydrogens is 214 g/mol. The number of rotatable bonds is 7. The molecule has 2 atom stereocenters. The Hall–Kier alpha value is -0.130. The lowest BCUT2D eigenvalue weighted by molar-refractivity contribution is 0.208. The normalized spacial score (nSPS) is 16.7. The second-order valence-electron chi connectivity index (χ2n) is 4.32. The van der Waals surface area contributed by atoms with E-state index in [1.807, 2.05) is 13.8 Å². The number of nitrogens with one attached hydrogen (secondary N) is 1. The van der Waals surface area contributed by atoms with Gasteiger partial charge in [-0.3, -0.25) is 0 Å². The summed E-state index contributed by atoms with van der Waals surface area (Å²) in [4.78, 5) is 0. The molecule has 0 saturated heterocycles. The Morgan fingerprint density at radius 3 is 2.13 bits per heavy atom. The van der Waals surface area contributed by atoms with Gasteiger partial charge >= 0.3 is 0 Å². The molecule has 0 aromatic rings. The minimum Gasteiger partial charge on any atom is -0.396 e. The SMILES string of the molecule is CC(CO)C(C)NCCS(=O)(=O)C(C)C. The Kier molecular flexibility index (Phi) is 6.40. The quantitative estimate of drug-likeness (QED) is 0.673. The van der Waals surface area contributed by atoms with Crippen LogP contribution in [0.5, 0.6) is 0 Å². The summed E-state index contributed by atoms with van der Waals surface area (Å²) in [7, 11) is -2.95. The Bertz CT molecular complexity index is 262. The monoisotopic (exact) mass is 237 g/mol. The predicted octanol–water partition coefficient (Wildman–Crippen LogP) is 0.416. The summed E-state index contributed by atoms with van der Waals surface area (Å²) in [6.07, 6.45) is 0. The zero-order valence-electron chi connectivity index (χ0n) is 10.0. The van der Waals surface area contributed by atoms with Crippen LogP contribution in [0.15, 0.2) is 0 Å². The number of hydrogen-bond acceptors (Lipinski definition) is 4. The minimum absolute atomic E-state index is 0.116. The van der Waals surface area contributed by atoms with Crippen LogP contribution in [0.3, 0.4) is 0 Å². The maximum Gasteiger partial charge on any atom is 0.153 e. The molecule has 0 aliphatic heterocycles. The number of hydrogen-bond donors (Lipinski definition) is 2. The lowest BCUT2D eigenvalue weighted by Crippen LogP contribution is -2.37. The van der Waals surface area contributed by atoms with Gasteiger partial charge in [0, 0.05) is 19.2 Å². The fraction of sp³-hybridized carbons (Fsp3) is 1.00. The van der Waals surface area contributed by atoms with Crippen molar-refractivity contribution >= 4 is 9.84 Å². The first-order valence-electron chi connectivity index (χ1n) is 5.37. The molecule has 15 heavy (non-hydrogen) atoms. The van der Waals surface area contributed by atoms with Crippen molar-refractivity contribution in [3.63, 3.8) is 0 Å². The first-order valence-corrected chi connectivity index (χ1v) is 7.08. The van der Waals surface area contributed by atoms with E-state index in [-0.39, 0.29) is 29.6 Å². The zero-order valence-corrected chi connectivity index (χ0v) is 10.8. The highest BCUT2D eigenvalue weighted by molar-refractivity contribution is 7.92. The van der Waals surface area contributed by atoms with Gasteiger partial charge in [0.2, 0.25) is 0 Å². The molecule has 92 valence electrons. The van der Waals surface area contributed by atoms with E-state index < -0.39 is 9.84 Å². The van der Waals surface area contributed by atoms with Crippen molar-refractivity contribution < 1.29 is 13.5 Å². The molecule has 0 aromatic heterocycles. The first-order chi connectivity index (χ1) is 6.81. The molecule has 0 rings (SSSR count). The molecule has 5 heteroatoms. The second kappa shape index (κ2) is 6.45. The van der Waals surface area contributed by atoms with E-state index in [1.54, 1.807) is 13.8 Å². The maximum atomic E-state index is 11.5. The van der Waals surface area contributed by atoms with Gasteiger partial charge in [-0.15, -0.1) is 0 Å². The summed E-state index contributed by atoms with van der Waals surface area (Å²) in [5.41, 5.74) is 0. The van der Waals surface area contributed by atoms with E-state index in [2.05, 4.69) is 5.32 Å². The summed E-state index contributed by atoms with van der Waals surface area (Å²) in [6.45, 7) is 7.82. The van der Waals surface area contributed by atoms with Crippen molar-refractivity contribution in [1.82, 2.24) is 5.32 Å². The first kappa shape index (κ1) is 14.9. The van der Waals surface area contributed by atoms with E-state index in [9.17, 15) is 8.42 Å². The van der Waals surface area contributed by atoms with E-state index in [0.717, 1.165) is 0 Å². The summed E-state index contributed by atoms with van der Waals surface area (Å²) in [5.74, 6) is 0.305. The standard InChI is InChI=1S/C10H23NO3S/c1-8(2)15(13,14)6-5-11-10(4)9(3)7-12/h8-12H,5-7H2,1-4H3. The molecule has 2 N–H and O–H groups in total. The van der Waals surface area contributed by atoms with Crippen molar-refractivity contribution in [1.29, 1.82) is 0 Å². The van der Waals surface area contributed by atoms with Crippen LogP contribution >= 0.6 is 0 Å². The third-order valence-corrected chi connectivity index (χ3v) is 4.92. The third kappa shape index (κ3) is 5.49. The van der Waals surface area contributed by atoms with Crippen LogP contribution in [-0.2, 0) is 9.84 Å². The van der Waals surface area contributed by atoms with Crippen LogP contribution in [-0.4, -0.2) is 43.7 Å². The molecule has 0 aromatic carbocycles. The molecule has 0 aliphatic carbocycles. The van der Waals surface area contributed by atoms with Crippen LogP contribution < -0.4 is 5.32 Å². The Morgan fingerprint density at radius 1 is 1.20 bits per heavy atom. The Morgan fingerprint density at radius 2 is 1.73 bits per heavy atom. The molecule has 0 bridgehead atoms. The van der Waals surface area contributed by atoms with Gasteiger partial charge in [0.1, 0.15) is 0 Å². The minimum atomic E-state index is -2.95. The van der Waals surface area contributed by atoms with Gasteiger partial charge in [-0.1, -0.05) is 6.92 Å². The van der Waals surface area contributed by atoms with Gasteiger partial charge in [-0.05, 0) is 26.7 Å². The summed E-state index contributed by atoms with van der Waals surface area (Å²) in [6, 6.07) is 0.136. The molecule has 0 aliphatic rings. The molecule has 0 fully saturated rings. The van der Waals surface area contributed by atoms with Crippen LogP contribution in [0.2, 0.25) is 0 Å². The largest absolute Gasteiger partial charge is 0.396 e. The highest BCUT2D eigenvalue weighted by Crippen LogP contribution is 2.02. The predicted molar refractivity (Wildman–Crippen MR) is 62.6 cm³/mol. The number of aliphatic hydroxyl groups excluding tert-OH is 1. The lowest BCUT2D eigenvalue weighted by atomic mass is 10.1. The zero-order chi connectivity index (χ0) is 12.1. The van der Waals surface area contributed by atoms with Crippen molar-refractivity contribution in [2.75, 3.05) is 18.9 Å². The molecule has 0 heterocycles. The third-order valence-electron chi connectivity index (χ3n) is 2.71. The number of aliphatic hydroxyl groups is 1. The van der Waals surface area contributed by atoms with Crippen molar-refractivity contribution in [2.24, 2.45) is 5.92 Å². The van der Waals surface area contributed by atoms with Gasteiger partial charge in [-0.25, -0.2) is 8.42 Å². The highest BCUT2D eigenvalue weighted by atomic mass is 32.2. The second-order valence-corrected chi connectivity index (χ2v) is 7.00. The van der Waals surface area contributed by atoms with Gasteiger partial charge in [0.25, 0.3) is 0 Å². The van der Waals surface area contributed by atoms with Gasteiger partial charge in [0.05, 0.1) is 11.0 Å². The van der Waals surface area contributed by atoms with Gasteiger partial charge in [0.15, 0.2) is 9.84 Å². The van der Waals surface area contributed by atoms with Gasteiger partial charge < -0.3 is 10.4 Å². The van der Waals surface area contributed by atoms with E-state index in [4.69, 9.17) is 5.11 Å². The smallest absolute Gasteiger partial charge is 0.153 e. The molecule has 4 nitrogen and oxygen atoms in total. The maximum absolute atomic E-state index is 11.5. The molecule has 2 unspecified atom stereocenters. The average Bonchev–Trinajstić information content (AvgIpc) is 2.15. The summed E-state index contributed by atoms with van der Waals surface area (Å²) in [5, 5.41) is 11.7.